The topological polar surface area (TPSA) is 38.3 Å². The Morgan fingerprint density at radius 2 is 2.17 bits per heavy atom. The van der Waals surface area contributed by atoms with Gasteiger partial charge in [-0.15, -0.1) is 0 Å². The summed E-state index contributed by atoms with van der Waals surface area (Å²) in [6.45, 7) is 4.71. The number of amides is 1. The summed E-state index contributed by atoms with van der Waals surface area (Å²) in [6.07, 6.45) is 0. The van der Waals surface area contributed by atoms with Gasteiger partial charge >= 0.3 is 0 Å². The Morgan fingerprint density at radius 3 is 2.72 bits per heavy atom. The van der Waals surface area contributed by atoms with Crippen LogP contribution in [0.4, 0.5) is 0 Å². The molecule has 1 rings (SSSR count). The van der Waals surface area contributed by atoms with Gasteiger partial charge in [0.15, 0.2) is 0 Å². The van der Waals surface area contributed by atoms with Gasteiger partial charge in [0.1, 0.15) is 5.75 Å². The van der Waals surface area contributed by atoms with E-state index in [9.17, 15) is 4.79 Å². The van der Waals surface area contributed by atoms with Crippen molar-refractivity contribution in [1.29, 1.82) is 0 Å². The number of methoxy groups -OCH3 is 1. The average molecular weight is 335 g/mol. The van der Waals surface area contributed by atoms with E-state index in [4.69, 9.17) is 16.3 Å². The van der Waals surface area contributed by atoms with E-state index in [-0.39, 0.29) is 11.3 Å². The summed E-state index contributed by atoms with van der Waals surface area (Å²) in [5.74, 6) is 0.344. The van der Waals surface area contributed by atoms with Crippen LogP contribution >= 0.6 is 27.5 Å². The Morgan fingerprint density at radius 1 is 1.50 bits per heavy atom. The van der Waals surface area contributed by atoms with Gasteiger partial charge in [0, 0.05) is 16.9 Å². The molecular formula is C13H17BrClNO2. The molecule has 0 bridgehead atoms. The largest absolute Gasteiger partial charge is 0.496 e. The second kappa shape index (κ2) is 6.43. The van der Waals surface area contributed by atoms with Crippen LogP contribution in [-0.4, -0.2) is 24.9 Å². The number of rotatable bonds is 5. The Labute approximate surface area is 121 Å². The summed E-state index contributed by atoms with van der Waals surface area (Å²) in [4.78, 5) is 12.1. The van der Waals surface area contributed by atoms with Gasteiger partial charge in [-0.3, -0.25) is 4.79 Å². The summed E-state index contributed by atoms with van der Waals surface area (Å²) < 4.78 is 5.15. The molecule has 0 fully saturated rings. The fourth-order valence-electron chi connectivity index (χ4n) is 1.32. The Hall–Kier alpha value is -0.740. The van der Waals surface area contributed by atoms with E-state index in [2.05, 4.69) is 35.1 Å². The predicted molar refractivity (Wildman–Crippen MR) is 77.9 cm³/mol. The van der Waals surface area contributed by atoms with Crippen molar-refractivity contribution in [3.8, 4) is 5.75 Å². The molecule has 1 N–H and O–H groups in total. The van der Waals surface area contributed by atoms with Gasteiger partial charge in [-0.2, -0.15) is 0 Å². The smallest absolute Gasteiger partial charge is 0.255 e. The minimum absolute atomic E-state index is 0.00146. The Kier molecular flexibility index (Phi) is 5.47. The van der Waals surface area contributed by atoms with Gasteiger partial charge in [0.2, 0.25) is 0 Å². The highest BCUT2D eigenvalue weighted by molar-refractivity contribution is 9.09. The SMILES string of the molecule is COc1ccc(Cl)cc1C(=O)NCC(C)(C)CBr. The first-order valence-corrected chi connectivity index (χ1v) is 7.07. The normalized spacial score (nSPS) is 11.2. The van der Waals surface area contributed by atoms with Crippen molar-refractivity contribution < 1.29 is 9.53 Å². The fourth-order valence-corrected chi connectivity index (χ4v) is 1.69. The minimum Gasteiger partial charge on any atom is -0.496 e. The number of nitrogens with one attached hydrogen (secondary N) is 1. The quantitative estimate of drug-likeness (QED) is 0.837. The van der Waals surface area contributed by atoms with Crippen LogP contribution in [0, 0.1) is 5.41 Å². The summed E-state index contributed by atoms with van der Waals surface area (Å²) in [5, 5.41) is 4.21. The molecule has 18 heavy (non-hydrogen) atoms. The van der Waals surface area contributed by atoms with Gasteiger partial charge in [-0.05, 0) is 23.6 Å². The van der Waals surface area contributed by atoms with Crippen LogP contribution < -0.4 is 10.1 Å². The molecular weight excluding hydrogens is 318 g/mol. The van der Waals surface area contributed by atoms with Gasteiger partial charge in [0.05, 0.1) is 12.7 Å². The lowest BCUT2D eigenvalue weighted by Crippen LogP contribution is -2.35. The lowest BCUT2D eigenvalue weighted by atomic mass is 9.96. The zero-order valence-corrected chi connectivity index (χ0v) is 13.1. The highest BCUT2D eigenvalue weighted by atomic mass is 79.9. The molecule has 1 aromatic rings. The highest BCUT2D eigenvalue weighted by Crippen LogP contribution is 2.23. The third kappa shape index (κ3) is 4.18. The van der Waals surface area contributed by atoms with Crippen LogP contribution in [0.15, 0.2) is 18.2 Å². The van der Waals surface area contributed by atoms with E-state index in [1.807, 2.05) is 0 Å². The van der Waals surface area contributed by atoms with E-state index in [0.29, 0.717) is 22.9 Å². The van der Waals surface area contributed by atoms with E-state index in [0.717, 1.165) is 5.33 Å². The first-order chi connectivity index (χ1) is 8.39. The minimum atomic E-state index is -0.177. The van der Waals surface area contributed by atoms with E-state index in [1.165, 1.54) is 7.11 Å². The Balaban J connectivity index is 2.81. The number of hydrogen-bond acceptors (Lipinski definition) is 2. The van der Waals surface area contributed by atoms with Gasteiger partial charge < -0.3 is 10.1 Å². The lowest BCUT2D eigenvalue weighted by Gasteiger charge is -2.22. The molecule has 0 atom stereocenters. The second-order valence-electron chi connectivity index (χ2n) is 4.83. The third-order valence-electron chi connectivity index (χ3n) is 2.50. The number of hydrogen-bond donors (Lipinski definition) is 1. The molecule has 100 valence electrons. The van der Waals surface area contributed by atoms with Crippen LogP contribution in [0.3, 0.4) is 0 Å². The molecule has 0 radical (unpaired) electrons. The van der Waals surface area contributed by atoms with Crippen LogP contribution in [-0.2, 0) is 0 Å². The number of carbonyl (C=O) groups is 1. The molecule has 0 aliphatic carbocycles. The number of ether oxygens (including phenoxy) is 1. The zero-order valence-electron chi connectivity index (χ0n) is 10.7. The molecule has 0 spiro atoms. The molecule has 0 aromatic heterocycles. The van der Waals surface area contributed by atoms with E-state index >= 15 is 0 Å². The van der Waals surface area contributed by atoms with Crippen molar-refractivity contribution in [2.75, 3.05) is 19.0 Å². The molecule has 1 aromatic carbocycles. The fraction of sp³-hybridized carbons (Fsp3) is 0.462. The van der Waals surface area contributed by atoms with Gasteiger partial charge in [0.25, 0.3) is 5.91 Å². The maximum Gasteiger partial charge on any atom is 0.255 e. The van der Waals surface area contributed by atoms with Gasteiger partial charge in [-0.25, -0.2) is 0 Å². The van der Waals surface area contributed by atoms with Crippen LogP contribution in [0.5, 0.6) is 5.75 Å². The number of benzene rings is 1. The van der Waals surface area contributed by atoms with Crippen LogP contribution in [0.2, 0.25) is 5.02 Å². The summed E-state index contributed by atoms with van der Waals surface area (Å²) in [7, 11) is 1.53. The summed E-state index contributed by atoms with van der Waals surface area (Å²) >= 11 is 9.31. The van der Waals surface area contributed by atoms with Crippen molar-refractivity contribution in [2.45, 2.75) is 13.8 Å². The summed E-state index contributed by atoms with van der Waals surface area (Å²) in [6, 6.07) is 4.99. The lowest BCUT2D eigenvalue weighted by molar-refractivity contribution is 0.0937. The number of carbonyl (C=O) groups excluding carboxylic acids is 1. The average Bonchev–Trinajstić information content (AvgIpc) is 2.36. The van der Waals surface area contributed by atoms with Crippen LogP contribution in [0.1, 0.15) is 24.2 Å². The van der Waals surface area contributed by atoms with E-state index in [1.54, 1.807) is 18.2 Å². The molecule has 0 aliphatic rings. The molecule has 0 heterocycles. The zero-order chi connectivity index (χ0) is 13.8. The third-order valence-corrected chi connectivity index (χ3v) is 4.25. The molecule has 5 heteroatoms. The molecule has 1 amide bonds. The molecule has 0 aliphatic heterocycles. The second-order valence-corrected chi connectivity index (χ2v) is 5.82. The van der Waals surface area contributed by atoms with E-state index < -0.39 is 0 Å². The van der Waals surface area contributed by atoms with Crippen molar-refractivity contribution in [1.82, 2.24) is 5.32 Å². The summed E-state index contributed by atoms with van der Waals surface area (Å²) in [5.41, 5.74) is 0.456. The number of alkyl halides is 1. The number of halogens is 2. The standard InChI is InChI=1S/C13H17BrClNO2/c1-13(2,7-14)8-16-12(17)10-6-9(15)4-5-11(10)18-3/h4-6H,7-8H2,1-3H3,(H,16,17). The highest BCUT2D eigenvalue weighted by Gasteiger charge is 2.19. The Bertz CT molecular complexity index is 435. The first kappa shape index (κ1) is 15.3. The predicted octanol–water partition coefficient (Wildman–Crippen LogP) is 3.50. The van der Waals surface area contributed by atoms with Crippen LogP contribution in [0.25, 0.3) is 0 Å². The van der Waals surface area contributed by atoms with Crippen molar-refractivity contribution in [3.63, 3.8) is 0 Å². The van der Waals surface area contributed by atoms with Crippen molar-refractivity contribution >= 4 is 33.4 Å². The maximum atomic E-state index is 12.1. The molecule has 0 saturated carbocycles. The molecule has 0 saturated heterocycles. The van der Waals surface area contributed by atoms with Crippen molar-refractivity contribution in [3.05, 3.63) is 28.8 Å². The maximum absolute atomic E-state index is 12.1. The van der Waals surface area contributed by atoms with Gasteiger partial charge in [-0.1, -0.05) is 41.4 Å². The molecule has 0 unspecified atom stereocenters. The first-order valence-electron chi connectivity index (χ1n) is 5.57. The van der Waals surface area contributed by atoms with Crippen molar-refractivity contribution in [2.24, 2.45) is 5.41 Å². The monoisotopic (exact) mass is 333 g/mol. The molecule has 3 nitrogen and oxygen atoms in total.